The monoisotopic (exact) mass is 317 g/mol. The molecule has 1 fully saturated rings. The zero-order chi connectivity index (χ0) is 17.0. The second-order valence-corrected chi connectivity index (χ2v) is 7.86. The number of amides is 1. The average Bonchev–Trinajstić information content (AvgIpc) is 2.49. The van der Waals surface area contributed by atoms with Crippen molar-refractivity contribution in [2.45, 2.75) is 59.0 Å². The maximum absolute atomic E-state index is 12.7. The van der Waals surface area contributed by atoms with Gasteiger partial charge in [-0.25, -0.2) is 0 Å². The van der Waals surface area contributed by atoms with E-state index in [9.17, 15) is 4.79 Å². The smallest absolute Gasteiger partial charge is 0.231 e. The van der Waals surface area contributed by atoms with Crippen molar-refractivity contribution in [1.82, 2.24) is 0 Å². The number of nitrogens with zero attached hydrogens (tertiary/aromatic N) is 2. The zero-order valence-corrected chi connectivity index (χ0v) is 15.5. The minimum atomic E-state index is 0.236. The van der Waals surface area contributed by atoms with Gasteiger partial charge in [0.15, 0.2) is 6.17 Å². The fourth-order valence-electron chi connectivity index (χ4n) is 3.70. The summed E-state index contributed by atoms with van der Waals surface area (Å²) in [6.45, 7) is 7.58. The highest BCUT2D eigenvalue weighted by Gasteiger charge is 2.38. The molecule has 0 spiro atoms. The summed E-state index contributed by atoms with van der Waals surface area (Å²) < 4.78 is 0.902. The highest BCUT2D eigenvalue weighted by molar-refractivity contribution is 5.93. The van der Waals surface area contributed by atoms with Gasteiger partial charge in [-0.3, -0.25) is 9.69 Å². The van der Waals surface area contributed by atoms with Crippen molar-refractivity contribution in [1.29, 1.82) is 0 Å². The second kappa shape index (κ2) is 7.48. The molecule has 0 radical (unpaired) electrons. The van der Waals surface area contributed by atoms with E-state index in [1.165, 1.54) is 18.4 Å². The first kappa shape index (κ1) is 18.0. The van der Waals surface area contributed by atoms with E-state index in [2.05, 4.69) is 57.1 Å². The number of carbonyl (C=O) groups excluding carboxylic acids is 1. The molecule has 1 aromatic carbocycles. The molecule has 0 aromatic heterocycles. The first-order valence-electron chi connectivity index (χ1n) is 9.09. The van der Waals surface area contributed by atoms with Crippen molar-refractivity contribution in [3.05, 3.63) is 29.8 Å². The van der Waals surface area contributed by atoms with Crippen LogP contribution in [0.25, 0.3) is 0 Å². The van der Waals surface area contributed by atoms with Gasteiger partial charge < -0.3 is 4.48 Å². The van der Waals surface area contributed by atoms with E-state index >= 15 is 0 Å². The van der Waals surface area contributed by atoms with Gasteiger partial charge in [-0.15, -0.1) is 0 Å². The molecule has 1 saturated heterocycles. The molecule has 1 aliphatic heterocycles. The Bertz CT molecular complexity index is 519. The first-order valence-corrected chi connectivity index (χ1v) is 9.09. The molecular weight excluding hydrogens is 284 g/mol. The number of hydrogen-bond donors (Lipinski definition) is 0. The van der Waals surface area contributed by atoms with Gasteiger partial charge in [-0.2, -0.15) is 0 Å². The van der Waals surface area contributed by atoms with Crippen LogP contribution in [0.1, 0.15) is 52.0 Å². The van der Waals surface area contributed by atoms with Crippen molar-refractivity contribution in [3.8, 4) is 0 Å². The van der Waals surface area contributed by atoms with E-state index in [-0.39, 0.29) is 12.1 Å². The molecule has 1 amide bonds. The summed E-state index contributed by atoms with van der Waals surface area (Å²) in [5, 5.41) is 0. The minimum absolute atomic E-state index is 0.236. The Morgan fingerprint density at radius 2 is 1.87 bits per heavy atom. The Balaban J connectivity index is 2.29. The lowest BCUT2D eigenvalue weighted by Crippen LogP contribution is -2.61. The van der Waals surface area contributed by atoms with Crippen LogP contribution < -0.4 is 4.90 Å². The van der Waals surface area contributed by atoms with Crippen molar-refractivity contribution in [2.24, 2.45) is 5.92 Å². The Kier molecular flexibility index (Phi) is 5.85. The standard InChI is InChI=1S/C20H33N2O/c1-6-20(23)21(19-9-7-8-14-22(19,4)5)18-12-10-17(11-13-18)15-16(2)3/h10-13,16,19H,6-9,14-15H2,1-5H3/q+1/t19-/m0/s1. The molecule has 3 heteroatoms. The van der Waals surface area contributed by atoms with Gasteiger partial charge in [-0.1, -0.05) is 32.9 Å². The van der Waals surface area contributed by atoms with Crippen LogP contribution in [0, 0.1) is 5.92 Å². The maximum Gasteiger partial charge on any atom is 0.231 e. The molecule has 0 bridgehead atoms. The third kappa shape index (κ3) is 4.35. The third-order valence-corrected chi connectivity index (χ3v) is 4.98. The van der Waals surface area contributed by atoms with Crippen molar-refractivity contribution in [2.75, 3.05) is 25.5 Å². The maximum atomic E-state index is 12.7. The Morgan fingerprint density at radius 3 is 2.39 bits per heavy atom. The van der Waals surface area contributed by atoms with Crippen LogP contribution in [-0.4, -0.2) is 37.2 Å². The number of anilines is 1. The molecular formula is C20H33N2O+. The predicted molar refractivity (Wildman–Crippen MR) is 97.4 cm³/mol. The summed E-state index contributed by atoms with van der Waals surface area (Å²) >= 11 is 0. The number of benzene rings is 1. The molecule has 1 atom stereocenters. The molecule has 2 rings (SSSR count). The lowest BCUT2D eigenvalue weighted by Gasteiger charge is -2.46. The number of piperidine rings is 1. The van der Waals surface area contributed by atoms with Gasteiger partial charge in [0.25, 0.3) is 0 Å². The van der Waals surface area contributed by atoms with Gasteiger partial charge in [0, 0.05) is 18.5 Å². The molecule has 0 unspecified atom stereocenters. The number of carbonyl (C=O) groups is 1. The summed E-state index contributed by atoms with van der Waals surface area (Å²) in [6.07, 6.45) is 5.46. The zero-order valence-electron chi connectivity index (χ0n) is 15.5. The second-order valence-electron chi connectivity index (χ2n) is 7.86. The number of rotatable bonds is 5. The van der Waals surface area contributed by atoms with E-state index in [1.54, 1.807) is 0 Å². The van der Waals surface area contributed by atoms with E-state index < -0.39 is 0 Å². The predicted octanol–water partition coefficient (Wildman–Crippen LogP) is 4.21. The van der Waals surface area contributed by atoms with Crippen LogP contribution in [0.15, 0.2) is 24.3 Å². The number of quaternary nitrogens is 1. The summed E-state index contributed by atoms with van der Waals surface area (Å²) in [4.78, 5) is 14.7. The highest BCUT2D eigenvalue weighted by Crippen LogP contribution is 2.30. The highest BCUT2D eigenvalue weighted by atomic mass is 16.2. The topological polar surface area (TPSA) is 20.3 Å². The lowest BCUT2D eigenvalue weighted by atomic mass is 10.0. The SMILES string of the molecule is CCC(=O)N(c1ccc(CC(C)C)cc1)[C@@H]1CCCC[N+]1(C)C. The molecule has 1 heterocycles. The minimum Gasteiger partial charge on any atom is -0.309 e. The van der Waals surface area contributed by atoms with Crippen LogP contribution >= 0.6 is 0 Å². The molecule has 1 aliphatic rings. The molecule has 0 saturated carbocycles. The van der Waals surface area contributed by atoms with Gasteiger partial charge in [0.2, 0.25) is 5.91 Å². The van der Waals surface area contributed by atoms with Crippen LogP contribution in [0.4, 0.5) is 5.69 Å². The Hall–Kier alpha value is -1.35. The molecule has 23 heavy (non-hydrogen) atoms. The van der Waals surface area contributed by atoms with Gasteiger partial charge >= 0.3 is 0 Å². The van der Waals surface area contributed by atoms with E-state index in [1.807, 2.05) is 6.92 Å². The quantitative estimate of drug-likeness (QED) is 0.745. The van der Waals surface area contributed by atoms with Crippen molar-refractivity contribution >= 4 is 11.6 Å². The van der Waals surface area contributed by atoms with E-state index in [0.717, 1.165) is 29.6 Å². The van der Waals surface area contributed by atoms with E-state index in [4.69, 9.17) is 0 Å². The van der Waals surface area contributed by atoms with Crippen LogP contribution in [0.5, 0.6) is 0 Å². The summed E-state index contributed by atoms with van der Waals surface area (Å²) in [5.74, 6) is 0.892. The Labute approximate surface area is 141 Å². The fraction of sp³-hybridized carbons (Fsp3) is 0.650. The van der Waals surface area contributed by atoms with Crippen molar-refractivity contribution in [3.63, 3.8) is 0 Å². The van der Waals surface area contributed by atoms with Gasteiger partial charge in [-0.05, 0) is 42.9 Å². The number of hydrogen-bond acceptors (Lipinski definition) is 1. The fourth-order valence-corrected chi connectivity index (χ4v) is 3.70. The van der Waals surface area contributed by atoms with Crippen LogP contribution in [0.3, 0.4) is 0 Å². The Morgan fingerprint density at radius 1 is 1.22 bits per heavy atom. The first-order chi connectivity index (χ1) is 10.8. The summed E-state index contributed by atoms with van der Waals surface area (Å²) in [7, 11) is 4.51. The largest absolute Gasteiger partial charge is 0.309 e. The molecule has 0 N–H and O–H groups in total. The van der Waals surface area contributed by atoms with Crippen LogP contribution in [-0.2, 0) is 11.2 Å². The number of likely N-dealkylation sites (tertiary alicyclic amines) is 1. The van der Waals surface area contributed by atoms with Crippen molar-refractivity contribution < 1.29 is 9.28 Å². The summed E-state index contributed by atoms with van der Waals surface area (Å²) in [6, 6.07) is 8.65. The third-order valence-electron chi connectivity index (χ3n) is 4.98. The average molecular weight is 317 g/mol. The molecule has 0 aliphatic carbocycles. The van der Waals surface area contributed by atoms with Crippen LogP contribution in [0.2, 0.25) is 0 Å². The normalized spacial score (nSPS) is 20.5. The molecule has 1 aromatic rings. The summed E-state index contributed by atoms with van der Waals surface area (Å²) in [5.41, 5.74) is 2.41. The van der Waals surface area contributed by atoms with E-state index in [0.29, 0.717) is 12.3 Å². The van der Waals surface area contributed by atoms with Gasteiger partial charge in [0.05, 0.1) is 20.6 Å². The molecule has 128 valence electrons. The lowest BCUT2D eigenvalue weighted by molar-refractivity contribution is -0.918. The van der Waals surface area contributed by atoms with Gasteiger partial charge in [0.1, 0.15) is 0 Å². The molecule has 3 nitrogen and oxygen atoms in total.